The smallest absolute Gasteiger partial charge is 0.416 e. The maximum Gasteiger partial charge on any atom is 0.416 e. The molecule has 0 unspecified atom stereocenters. The van der Waals surface area contributed by atoms with Gasteiger partial charge in [-0.05, 0) is 41.5 Å². The van der Waals surface area contributed by atoms with Crippen LogP contribution < -0.4 is 10.1 Å². The summed E-state index contributed by atoms with van der Waals surface area (Å²) >= 11 is 0. The van der Waals surface area contributed by atoms with E-state index >= 15 is 0 Å². The van der Waals surface area contributed by atoms with Crippen LogP contribution in [0.3, 0.4) is 0 Å². The molecule has 0 fully saturated rings. The van der Waals surface area contributed by atoms with Gasteiger partial charge in [0.1, 0.15) is 5.75 Å². The van der Waals surface area contributed by atoms with Gasteiger partial charge in [-0.3, -0.25) is 4.79 Å². The highest BCUT2D eigenvalue weighted by molar-refractivity contribution is 5.81. The fourth-order valence-corrected chi connectivity index (χ4v) is 2.64. The topological polar surface area (TPSA) is 75.6 Å². The second kappa shape index (κ2) is 8.06. The maximum atomic E-state index is 13.9. The lowest BCUT2D eigenvalue weighted by molar-refractivity contribution is -0.166. The molecular weight excluding hydrogens is 401 g/mol. The Morgan fingerprint density at radius 3 is 2.14 bits per heavy atom. The summed E-state index contributed by atoms with van der Waals surface area (Å²) in [5.74, 6) is -7.06. The predicted molar refractivity (Wildman–Crippen MR) is 92.5 cm³/mol. The first kappa shape index (κ1) is 22.1. The van der Waals surface area contributed by atoms with Crippen molar-refractivity contribution in [3.05, 3.63) is 53.1 Å². The van der Waals surface area contributed by atoms with Gasteiger partial charge in [-0.1, -0.05) is 6.07 Å². The third-order valence-electron chi connectivity index (χ3n) is 4.08. The van der Waals surface area contributed by atoms with Crippen LogP contribution >= 0.6 is 0 Å². The van der Waals surface area contributed by atoms with Gasteiger partial charge in [0, 0.05) is 24.6 Å². The lowest BCUT2D eigenvalue weighted by Crippen LogP contribution is -2.25. The lowest BCUT2D eigenvalue weighted by Gasteiger charge is -2.18. The number of alkyl halides is 5. The minimum atomic E-state index is -4.66. The van der Waals surface area contributed by atoms with Gasteiger partial charge in [-0.2, -0.15) is 22.0 Å². The minimum absolute atomic E-state index is 0.0101. The van der Waals surface area contributed by atoms with Gasteiger partial charge in [0.15, 0.2) is 0 Å². The maximum absolute atomic E-state index is 13.9. The van der Waals surface area contributed by atoms with Crippen LogP contribution in [0.4, 0.5) is 22.0 Å². The van der Waals surface area contributed by atoms with E-state index in [4.69, 9.17) is 9.84 Å². The van der Waals surface area contributed by atoms with Crippen molar-refractivity contribution in [2.75, 3.05) is 7.11 Å². The Morgan fingerprint density at radius 1 is 1.00 bits per heavy atom. The molecule has 0 aliphatic carbocycles. The van der Waals surface area contributed by atoms with Crippen LogP contribution in [0.25, 0.3) is 11.1 Å². The Labute approximate surface area is 162 Å². The number of halogens is 5. The fourth-order valence-electron chi connectivity index (χ4n) is 2.64. The lowest BCUT2D eigenvalue weighted by atomic mass is 9.93. The number of benzene rings is 2. The predicted octanol–water partition coefficient (Wildman–Crippen LogP) is 4.19. The molecule has 5 nitrogen and oxygen atoms in total. The van der Waals surface area contributed by atoms with Crippen LogP contribution in [0.15, 0.2) is 36.4 Å². The molecule has 0 aromatic heterocycles. The Balaban J connectivity index is 2.70. The molecule has 0 bridgehead atoms. The van der Waals surface area contributed by atoms with Crippen molar-refractivity contribution in [1.29, 1.82) is 0 Å². The van der Waals surface area contributed by atoms with E-state index in [0.717, 1.165) is 36.4 Å². The van der Waals surface area contributed by atoms with Crippen molar-refractivity contribution in [1.82, 2.24) is 5.32 Å². The van der Waals surface area contributed by atoms with Crippen molar-refractivity contribution < 1.29 is 41.4 Å². The average Bonchev–Trinajstić information content (AvgIpc) is 2.64. The zero-order chi connectivity index (χ0) is 22.0. The number of aliphatic carboxylic acids is 1. The molecule has 29 heavy (non-hydrogen) atoms. The molecule has 2 aromatic carbocycles. The van der Waals surface area contributed by atoms with Crippen LogP contribution in [0.2, 0.25) is 0 Å². The van der Waals surface area contributed by atoms with E-state index in [-0.39, 0.29) is 29.0 Å². The third kappa shape index (κ3) is 4.82. The standard InChI is InChI=1S/C19H16F5NO4/c1-10(26)25-9-11-7-13(19(22,23)24)3-5-14(11)15-8-12(4-6-16(15)29-2)18(20,21)17(27)28/h3-8H,9H2,1-2H3,(H,25,26)(H,27,28). The number of rotatable bonds is 6. The molecule has 1 amide bonds. The summed E-state index contributed by atoms with van der Waals surface area (Å²) in [7, 11) is 1.23. The highest BCUT2D eigenvalue weighted by atomic mass is 19.4. The summed E-state index contributed by atoms with van der Waals surface area (Å²) in [6, 6.07) is 5.39. The second-order valence-electron chi connectivity index (χ2n) is 6.07. The van der Waals surface area contributed by atoms with Crippen molar-refractivity contribution >= 4 is 11.9 Å². The van der Waals surface area contributed by atoms with Crippen molar-refractivity contribution in [2.24, 2.45) is 0 Å². The summed E-state index contributed by atoms with van der Waals surface area (Å²) in [5, 5.41) is 11.1. The number of amides is 1. The van der Waals surface area contributed by atoms with E-state index in [0.29, 0.717) is 0 Å². The molecule has 2 rings (SSSR count). The number of nitrogens with one attached hydrogen (secondary N) is 1. The van der Waals surface area contributed by atoms with E-state index in [2.05, 4.69) is 5.32 Å². The van der Waals surface area contributed by atoms with Crippen molar-refractivity contribution in [2.45, 2.75) is 25.6 Å². The summed E-state index contributed by atoms with van der Waals surface area (Å²) in [6.07, 6.45) is -4.66. The number of carboxylic acids is 1. The van der Waals surface area contributed by atoms with Gasteiger partial charge >= 0.3 is 18.1 Å². The zero-order valence-electron chi connectivity index (χ0n) is 15.2. The second-order valence-corrected chi connectivity index (χ2v) is 6.07. The SMILES string of the molecule is COc1ccc(C(F)(F)C(=O)O)cc1-c1ccc(C(F)(F)F)cc1CNC(C)=O. The van der Waals surface area contributed by atoms with Crippen LogP contribution in [0, 0.1) is 0 Å². The quantitative estimate of drug-likeness (QED) is 0.691. The number of hydrogen-bond acceptors (Lipinski definition) is 3. The molecule has 2 N–H and O–H groups in total. The minimum Gasteiger partial charge on any atom is -0.496 e. The molecule has 0 heterocycles. The Morgan fingerprint density at radius 2 is 1.62 bits per heavy atom. The molecule has 0 radical (unpaired) electrons. The van der Waals surface area contributed by atoms with E-state index in [9.17, 15) is 31.5 Å². The Kier molecular flexibility index (Phi) is 6.15. The largest absolute Gasteiger partial charge is 0.496 e. The highest BCUT2D eigenvalue weighted by Gasteiger charge is 2.41. The summed E-state index contributed by atoms with van der Waals surface area (Å²) in [4.78, 5) is 22.1. The third-order valence-corrected chi connectivity index (χ3v) is 4.08. The van der Waals surface area contributed by atoms with Gasteiger partial charge in [0.25, 0.3) is 0 Å². The first-order valence-electron chi connectivity index (χ1n) is 8.12. The number of carboxylic acid groups (broad SMARTS) is 1. The molecule has 156 valence electrons. The first-order chi connectivity index (χ1) is 13.4. The fraction of sp³-hybridized carbons (Fsp3) is 0.263. The van der Waals surface area contributed by atoms with E-state index in [1.807, 2.05) is 0 Å². The zero-order valence-corrected chi connectivity index (χ0v) is 15.2. The summed E-state index contributed by atoms with van der Waals surface area (Å²) < 4.78 is 72.2. The molecule has 0 aliphatic rings. The first-order valence-corrected chi connectivity index (χ1v) is 8.12. The Bertz CT molecular complexity index is 941. The van der Waals surface area contributed by atoms with Crippen molar-refractivity contribution in [3.8, 4) is 16.9 Å². The summed E-state index contributed by atoms with van der Waals surface area (Å²) in [6.45, 7) is 0.860. The van der Waals surface area contributed by atoms with Crippen molar-refractivity contribution in [3.63, 3.8) is 0 Å². The van der Waals surface area contributed by atoms with Crippen LogP contribution in [0.5, 0.6) is 5.75 Å². The number of carbonyl (C=O) groups is 2. The van der Waals surface area contributed by atoms with E-state index in [1.54, 1.807) is 0 Å². The van der Waals surface area contributed by atoms with E-state index in [1.165, 1.54) is 14.0 Å². The number of hydrogen-bond donors (Lipinski definition) is 2. The molecule has 0 saturated carbocycles. The van der Waals surface area contributed by atoms with Gasteiger partial charge in [0.05, 0.1) is 12.7 Å². The normalized spacial score (nSPS) is 11.8. The molecule has 0 saturated heterocycles. The number of methoxy groups -OCH3 is 1. The van der Waals surface area contributed by atoms with Gasteiger partial charge in [-0.15, -0.1) is 0 Å². The van der Waals surface area contributed by atoms with Gasteiger partial charge in [-0.25, -0.2) is 4.79 Å². The number of carbonyl (C=O) groups excluding carboxylic acids is 1. The highest BCUT2D eigenvalue weighted by Crippen LogP contribution is 2.40. The van der Waals surface area contributed by atoms with Gasteiger partial charge in [0.2, 0.25) is 5.91 Å². The Hall–Kier alpha value is -3.17. The molecule has 2 aromatic rings. The molecular formula is C19H16F5NO4. The molecule has 0 aliphatic heterocycles. The molecule has 0 spiro atoms. The van der Waals surface area contributed by atoms with E-state index < -0.39 is 35.1 Å². The summed E-state index contributed by atoms with van der Waals surface area (Å²) in [5.41, 5.74) is -1.84. The average molecular weight is 417 g/mol. The van der Waals surface area contributed by atoms with Crippen LogP contribution in [-0.2, 0) is 28.2 Å². The number of ether oxygens (including phenoxy) is 1. The molecule has 10 heteroatoms. The van der Waals surface area contributed by atoms with Gasteiger partial charge < -0.3 is 15.2 Å². The monoisotopic (exact) mass is 417 g/mol. The van der Waals surface area contributed by atoms with Crippen LogP contribution in [-0.4, -0.2) is 24.1 Å². The van der Waals surface area contributed by atoms with Crippen LogP contribution in [0.1, 0.15) is 23.6 Å². The molecule has 0 atom stereocenters.